The van der Waals surface area contributed by atoms with Crippen LogP contribution in [0.5, 0.6) is 11.5 Å². The minimum Gasteiger partial charge on any atom is -0.493 e. The zero-order valence-electron chi connectivity index (χ0n) is 13.4. The number of carbonyl (C=O) groups excluding carboxylic acids is 1. The number of amides is 1. The molecule has 0 atom stereocenters. The maximum atomic E-state index is 13.2. The number of hydrogen-bond donors (Lipinski definition) is 1. The Morgan fingerprint density at radius 2 is 1.88 bits per heavy atom. The van der Waals surface area contributed by atoms with Gasteiger partial charge < -0.3 is 13.9 Å². The van der Waals surface area contributed by atoms with Gasteiger partial charge in [0, 0.05) is 11.1 Å². The third-order valence-corrected chi connectivity index (χ3v) is 3.36. The number of nitrogens with zero attached hydrogens (tertiary/aromatic N) is 2. The van der Waals surface area contributed by atoms with Gasteiger partial charge in [0.2, 0.25) is 5.89 Å². The van der Waals surface area contributed by atoms with Crippen LogP contribution < -0.4 is 14.8 Å². The summed E-state index contributed by atoms with van der Waals surface area (Å²) in [7, 11) is 3.05. The quantitative estimate of drug-likeness (QED) is 0.766. The highest BCUT2D eigenvalue weighted by atomic mass is 19.1. The van der Waals surface area contributed by atoms with Crippen LogP contribution in [0, 0.1) is 5.82 Å². The number of hydrogen-bond acceptors (Lipinski definition) is 6. The van der Waals surface area contributed by atoms with Crippen molar-refractivity contribution >= 4 is 11.9 Å². The summed E-state index contributed by atoms with van der Waals surface area (Å²) in [6.07, 6.45) is 0. The molecule has 3 rings (SSSR count). The standard InChI is InChI=1S/C17H14FN3O4/c1-23-13-7-6-11(9-14(13)24-2)16-20-21-17(25-16)19-15(22)10-4-3-5-12(18)8-10/h3-9H,1-2H3,(H,19,21,22). The van der Waals surface area contributed by atoms with E-state index in [1.807, 2.05) is 0 Å². The number of ether oxygens (including phenoxy) is 2. The van der Waals surface area contributed by atoms with Gasteiger partial charge in [0.1, 0.15) is 5.82 Å². The van der Waals surface area contributed by atoms with Gasteiger partial charge in [-0.3, -0.25) is 10.1 Å². The van der Waals surface area contributed by atoms with Gasteiger partial charge >= 0.3 is 6.01 Å². The van der Waals surface area contributed by atoms with Crippen molar-refractivity contribution in [2.45, 2.75) is 0 Å². The normalized spacial score (nSPS) is 10.4. The molecule has 0 aliphatic carbocycles. The van der Waals surface area contributed by atoms with Crippen molar-refractivity contribution in [3.05, 3.63) is 53.8 Å². The second kappa shape index (κ2) is 7.00. The summed E-state index contributed by atoms with van der Waals surface area (Å²) >= 11 is 0. The van der Waals surface area contributed by atoms with E-state index in [4.69, 9.17) is 13.9 Å². The van der Waals surface area contributed by atoms with Crippen molar-refractivity contribution in [1.29, 1.82) is 0 Å². The number of nitrogens with one attached hydrogen (secondary N) is 1. The van der Waals surface area contributed by atoms with Gasteiger partial charge in [-0.1, -0.05) is 11.2 Å². The molecule has 1 aromatic heterocycles. The highest BCUT2D eigenvalue weighted by Crippen LogP contribution is 2.32. The maximum absolute atomic E-state index is 13.2. The summed E-state index contributed by atoms with van der Waals surface area (Å²) in [5.74, 6) is 0.190. The Morgan fingerprint density at radius 1 is 1.08 bits per heavy atom. The highest BCUT2D eigenvalue weighted by Gasteiger charge is 2.15. The molecule has 0 fully saturated rings. The average molecular weight is 343 g/mol. The van der Waals surface area contributed by atoms with Crippen molar-refractivity contribution in [1.82, 2.24) is 10.2 Å². The minimum atomic E-state index is -0.554. The van der Waals surface area contributed by atoms with E-state index in [0.717, 1.165) is 6.07 Å². The number of rotatable bonds is 5. The van der Waals surface area contributed by atoms with Crippen LogP contribution >= 0.6 is 0 Å². The number of benzene rings is 2. The van der Waals surface area contributed by atoms with Crippen LogP contribution in [0.3, 0.4) is 0 Å². The molecule has 2 aromatic carbocycles. The van der Waals surface area contributed by atoms with Gasteiger partial charge in [-0.05, 0) is 36.4 Å². The highest BCUT2D eigenvalue weighted by molar-refractivity contribution is 6.03. The molecule has 7 nitrogen and oxygen atoms in total. The van der Waals surface area contributed by atoms with Crippen LogP contribution in [0.15, 0.2) is 46.9 Å². The van der Waals surface area contributed by atoms with E-state index in [1.165, 1.54) is 32.4 Å². The van der Waals surface area contributed by atoms with Crippen LogP contribution in [0.25, 0.3) is 11.5 Å². The zero-order valence-corrected chi connectivity index (χ0v) is 13.4. The van der Waals surface area contributed by atoms with Gasteiger partial charge in [0.15, 0.2) is 11.5 Å². The van der Waals surface area contributed by atoms with E-state index in [2.05, 4.69) is 15.5 Å². The molecule has 3 aromatic rings. The summed E-state index contributed by atoms with van der Waals surface area (Å²) in [6.45, 7) is 0. The number of carbonyl (C=O) groups is 1. The Bertz CT molecular complexity index is 910. The lowest BCUT2D eigenvalue weighted by Gasteiger charge is -2.07. The van der Waals surface area contributed by atoms with Crippen LogP contribution in [0.4, 0.5) is 10.4 Å². The molecule has 0 radical (unpaired) electrons. The summed E-state index contributed by atoms with van der Waals surface area (Å²) in [4.78, 5) is 12.1. The molecular formula is C17H14FN3O4. The average Bonchev–Trinajstić information content (AvgIpc) is 3.09. The molecule has 1 N–H and O–H groups in total. The van der Waals surface area contributed by atoms with E-state index in [1.54, 1.807) is 18.2 Å². The van der Waals surface area contributed by atoms with Gasteiger partial charge in [0.25, 0.3) is 5.91 Å². The first kappa shape index (κ1) is 16.4. The number of aromatic nitrogens is 2. The largest absolute Gasteiger partial charge is 0.493 e. The molecule has 0 aliphatic heterocycles. The topological polar surface area (TPSA) is 86.5 Å². The first-order valence-corrected chi connectivity index (χ1v) is 7.23. The van der Waals surface area contributed by atoms with E-state index < -0.39 is 11.7 Å². The predicted octanol–water partition coefficient (Wildman–Crippen LogP) is 3.15. The van der Waals surface area contributed by atoms with E-state index in [-0.39, 0.29) is 17.5 Å². The summed E-state index contributed by atoms with van der Waals surface area (Å²) < 4.78 is 29.0. The van der Waals surface area contributed by atoms with Crippen LogP contribution in [-0.2, 0) is 0 Å². The van der Waals surface area contributed by atoms with E-state index >= 15 is 0 Å². The molecule has 0 bridgehead atoms. The van der Waals surface area contributed by atoms with E-state index in [9.17, 15) is 9.18 Å². The fraction of sp³-hybridized carbons (Fsp3) is 0.118. The molecule has 1 heterocycles. The van der Waals surface area contributed by atoms with Gasteiger partial charge in [-0.15, -0.1) is 5.10 Å². The molecule has 8 heteroatoms. The fourth-order valence-corrected chi connectivity index (χ4v) is 2.16. The molecule has 128 valence electrons. The number of halogens is 1. The smallest absolute Gasteiger partial charge is 0.322 e. The molecular weight excluding hydrogens is 329 g/mol. The Hall–Kier alpha value is -3.42. The Kier molecular flexibility index (Phi) is 4.60. The van der Waals surface area contributed by atoms with Crippen molar-refractivity contribution in [3.8, 4) is 23.0 Å². The minimum absolute atomic E-state index is 0.0981. The van der Waals surface area contributed by atoms with Crippen LogP contribution in [0.1, 0.15) is 10.4 Å². The summed E-state index contributed by atoms with van der Waals surface area (Å²) in [6, 6.07) is 10.3. The van der Waals surface area contributed by atoms with E-state index in [0.29, 0.717) is 17.1 Å². The number of anilines is 1. The Labute approximate surface area is 142 Å². The Morgan fingerprint density at radius 3 is 2.60 bits per heavy atom. The molecule has 0 aliphatic rings. The SMILES string of the molecule is COc1ccc(-c2nnc(NC(=O)c3cccc(F)c3)o2)cc1OC. The van der Waals surface area contributed by atoms with Crippen LogP contribution in [-0.4, -0.2) is 30.3 Å². The maximum Gasteiger partial charge on any atom is 0.322 e. The van der Waals surface area contributed by atoms with Gasteiger partial charge in [-0.25, -0.2) is 4.39 Å². The molecule has 0 saturated heterocycles. The monoisotopic (exact) mass is 343 g/mol. The lowest BCUT2D eigenvalue weighted by molar-refractivity contribution is 0.102. The van der Waals surface area contributed by atoms with Crippen molar-refractivity contribution in [2.75, 3.05) is 19.5 Å². The first-order valence-electron chi connectivity index (χ1n) is 7.23. The summed E-state index contributed by atoms with van der Waals surface area (Å²) in [5.41, 5.74) is 0.738. The third-order valence-electron chi connectivity index (χ3n) is 3.36. The van der Waals surface area contributed by atoms with Gasteiger partial charge in [0.05, 0.1) is 14.2 Å². The molecule has 25 heavy (non-hydrogen) atoms. The summed E-state index contributed by atoms with van der Waals surface area (Å²) in [5, 5.41) is 10.1. The molecule has 0 saturated carbocycles. The zero-order chi connectivity index (χ0) is 17.8. The van der Waals surface area contributed by atoms with Crippen molar-refractivity contribution < 1.29 is 23.1 Å². The second-order valence-corrected chi connectivity index (χ2v) is 4.95. The number of methoxy groups -OCH3 is 2. The third kappa shape index (κ3) is 3.57. The predicted molar refractivity (Wildman–Crippen MR) is 87.2 cm³/mol. The van der Waals surface area contributed by atoms with Crippen LogP contribution in [0.2, 0.25) is 0 Å². The molecule has 1 amide bonds. The first-order chi connectivity index (χ1) is 12.1. The lowest BCUT2D eigenvalue weighted by Crippen LogP contribution is -2.12. The van der Waals surface area contributed by atoms with Crippen molar-refractivity contribution in [3.63, 3.8) is 0 Å². The Balaban J connectivity index is 1.79. The fourth-order valence-electron chi connectivity index (χ4n) is 2.16. The second-order valence-electron chi connectivity index (χ2n) is 4.95. The molecule has 0 spiro atoms. The molecule has 0 unspecified atom stereocenters. The van der Waals surface area contributed by atoms with Crippen molar-refractivity contribution in [2.24, 2.45) is 0 Å². The lowest BCUT2D eigenvalue weighted by atomic mass is 10.2. The van der Waals surface area contributed by atoms with Gasteiger partial charge in [-0.2, -0.15) is 0 Å².